The van der Waals surface area contributed by atoms with E-state index in [-0.39, 0.29) is 11.8 Å². The molecule has 0 N–H and O–H groups in total. The molecule has 0 saturated heterocycles. The predicted molar refractivity (Wildman–Crippen MR) is 133 cm³/mol. The average Bonchev–Trinajstić information content (AvgIpc) is 3.13. The second-order valence-electron chi connectivity index (χ2n) is 8.09. The van der Waals surface area contributed by atoms with E-state index in [9.17, 15) is 9.59 Å². The molecule has 3 aromatic rings. The van der Waals surface area contributed by atoms with Crippen molar-refractivity contribution in [2.45, 2.75) is 19.9 Å². The standard InChI is InChI=1S/C28H28N2O4/c1-4-17-34-24-12-8-11-22(18-24)30-27(31)25(21-13-15-23(33-3)16-14-21)26(28(30)32)29(2)19-20-9-6-5-7-10-20/h5-16,18H,4,17,19H2,1-3H3. The van der Waals surface area contributed by atoms with Gasteiger partial charge in [-0.2, -0.15) is 0 Å². The van der Waals surface area contributed by atoms with E-state index in [1.807, 2.05) is 55.3 Å². The van der Waals surface area contributed by atoms with E-state index in [0.717, 1.165) is 12.0 Å². The van der Waals surface area contributed by atoms with Crippen molar-refractivity contribution in [1.82, 2.24) is 4.90 Å². The van der Waals surface area contributed by atoms with Crippen LogP contribution in [0.15, 0.2) is 84.6 Å². The summed E-state index contributed by atoms with van der Waals surface area (Å²) >= 11 is 0. The van der Waals surface area contributed by atoms with Gasteiger partial charge in [0, 0.05) is 19.7 Å². The Hall–Kier alpha value is -4.06. The van der Waals surface area contributed by atoms with E-state index < -0.39 is 0 Å². The van der Waals surface area contributed by atoms with Crippen LogP contribution >= 0.6 is 0 Å². The fraction of sp³-hybridized carbons (Fsp3) is 0.214. The number of carbonyl (C=O) groups excluding carboxylic acids is 2. The third-order valence-corrected chi connectivity index (χ3v) is 5.63. The van der Waals surface area contributed by atoms with Crippen LogP contribution in [-0.2, 0) is 16.1 Å². The minimum absolute atomic E-state index is 0.359. The summed E-state index contributed by atoms with van der Waals surface area (Å²) < 4.78 is 11.0. The van der Waals surface area contributed by atoms with Crippen LogP contribution in [0.1, 0.15) is 24.5 Å². The van der Waals surface area contributed by atoms with Crippen LogP contribution in [0.4, 0.5) is 5.69 Å². The maximum Gasteiger partial charge on any atom is 0.282 e. The molecular weight excluding hydrogens is 428 g/mol. The van der Waals surface area contributed by atoms with Gasteiger partial charge in [-0.3, -0.25) is 9.59 Å². The predicted octanol–water partition coefficient (Wildman–Crippen LogP) is 4.90. The van der Waals surface area contributed by atoms with Gasteiger partial charge in [-0.15, -0.1) is 0 Å². The lowest BCUT2D eigenvalue weighted by Crippen LogP contribution is -2.34. The summed E-state index contributed by atoms with van der Waals surface area (Å²) in [5.74, 6) is 0.578. The SMILES string of the molecule is CCCOc1cccc(N2C(=O)C(c3ccc(OC)cc3)=C(N(C)Cc3ccccc3)C2=O)c1. The quantitative estimate of drug-likeness (QED) is 0.429. The van der Waals surface area contributed by atoms with E-state index >= 15 is 0 Å². The number of carbonyl (C=O) groups is 2. The Morgan fingerprint density at radius 3 is 2.26 bits per heavy atom. The summed E-state index contributed by atoms with van der Waals surface area (Å²) in [6, 6.07) is 24.1. The lowest BCUT2D eigenvalue weighted by atomic mass is 10.0. The van der Waals surface area contributed by atoms with Crippen molar-refractivity contribution in [2.24, 2.45) is 0 Å². The largest absolute Gasteiger partial charge is 0.497 e. The second kappa shape index (κ2) is 10.3. The van der Waals surface area contributed by atoms with Crippen molar-refractivity contribution in [3.63, 3.8) is 0 Å². The number of imide groups is 1. The van der Waals surface area contributed by atoms with E-state index in [1.54, 1.807) is 49.6 Å². The van der Waals surface area contributed by atoms with E-state index in [4.69, 9.17) is 9.47 Å². The molecule has 1 aliphatic heterocycles. The molecule has 6 heteroatoms. The summed E-state index contributed by atoms with van der Waals surface area (Å²) in [6.07, 6.45) is 0.864. The van der Waals surface area contributed by atoms with E-state index in [2.05, 4.69) is 0 Å². The topological polar surface area (TPSA) is 59.1 Å². The summed E-state index contributed by atoms with van der Waals surface area (Å²) in [4.78, 5) is 30.5. The molecule has 1 heterocycles. The molecule has 1 aliphatic rings. The third kappa shape index (κ3) is 4.66. The normalized spacial score (nSPS) is 13.4. The Morgan fingerprint density at radius 2 is 1.59 bits per heavy atom. The lowest BCUT2D eigenvalue weighted by molar-refractivity contribution is -0.120. The number of nitrogens with zero attached hydrogens (tertiary/aromatic N) is 2. The van der Waals surface area contributed by atoms with Crippen LogP contribution in [0.2, 0.25) is 0 Å². The van der Waals surface area contributed by atoms with E-state index in [1.165, 1.54) is 4.90 Å². The van der Waals surface area contributed by atoms with Crippen LogP contribution in [0, 0.1) is 0 Å². The van der Waals surface area contributed by atoms with Crippen molar-refractivity contribution in [3.8, 4) is 11.5 Å². The average molecular weight is 457 g/mol. The molecule has 0 spiro atoms. The fourth-order valence-corrected chi connectivity index (χ4v) is 3.99. The maximum absolute atomic E-state index is 13.7. The van der Waals surface area contributed by atoms with Crippen LogP contribution in [0.25, 0.3) is 5.57 Å². The van der Waals surface area contributed by atoms with Gasteiger partial charge in [0.15, 0.2) is 0 Å². The van der Waals surface area contributed by atoms with Gasteiger partial charge in [0.25, 0.3) is 11.8 Å². The zero-order chi connectivity index (χ0) is 24.1. The first kappa shape index (κ1) is 23.1. The molecule has 0 aliphatic carbocycles. The van der Waals surface area contributed by atoms with Crippen LogP contribution in [0.5, 0.6) is 11.5 Å². The molecule has 0 saturated carbocycles. The van der Waals surface area contributed by atoms with Crippen molar-refractivity contribution in [1.29, 1.82) is 0 Å². The van der Waals surface area contributed by atoms with Gasteiger partial charge in [-0.25, -0.2) is 4.90 Å². The van der Waals surface area contributed by atoms with Crippen molar-refractivity contribution < 1.29 is 19.1 Å². The fourth-order valence-electron chi connectivity index (χ4n) is 3.99. The molecule has 0 unspecified atom stereocenters. The number of ether oxygens (including phenoxy) is 2. The van der Waals surface area contributed by atoms with Gasteiger partial charge in [0.1, 0.15) is 17.2 Å². The molecular formula is C28H28N2O4. The number of likely N-dealkylation sites (N-methyl/N-ethyl adjacent to an activating group) is 1. The molecule has 174 valence electrons. The number of anilines is 1. The van der Waals surface area contributed by atoms with Crippen LogP contribution in [-0.4, -0.2) is 37.5 Å². The summed E-state index contributed by atoms with van der Waals surface area (Å²) in [5, 5.41) is 0. The molecule has 0 radical (unpaired) electrons. The minimum Gasteiger partial charge on any atom is -0.497 e. The minimum atomic E-state index is -0.363. The summed E-state index contributed by atoms with van der Waals surface area (Å²) in [7, 11) is 3.42. The second-order valence-corrected chi connectivity index (χ2v) is 8.09. The van der Waals surface area contributed by atoms with Crippen molar-refractivity contribution in [3.05, 3.63) is 95.7 Å². The number of hydrogen-bond acceptors (Lipinski definition) is 5. The van der Waals surface area contributed by atoms with E-state index in [0.29, 0.717) is 47.2 Å². The molecule has 0 bridgehead atoms. The molecule has 4 rings (SSSR count). The Bertz CT molecular complexity index is 1200. The Balaban J connectivity index is 1.75. The first-order chi connectivity index (χ1) is 16.5. The van der Waals surface area contributed by atoms with Crippen molar-refractivity contribution >= 4 is 23.1 Å². The number of rotatable bonds is 9. The number of methoxy groups -OCH3 is 1. The molecule has 6 nitrogen and oxygen atoms in total. The number of amides is 2. The molecule has 34 heavy (non-hydrogen) atoms. The molecule has 0 aromatic heterocycles. The zero-order valence-corrected chi connectivity index (χ0v) is 19.7. The molecule has 2 amide bonds. The Morgan fingerprint density at radius 1 is 0.853 bits per heavy atom. The summed E-state index contributed by atoms with van der Waals surface area (Å²) in [5.41, 5.74) is 2.91. The molecule has 3 aromatic carbocycles. The van der Waals surface area contributed by atoms with Gasteiger partial charge in [0.05, 0.1) is 25.0 Å². The zero-order valence-electron chi connectivity index (χ0n) is 19.7. The van der Waals surface area contributed by atoms with Crippen molar-refractivity contribution in [2.75, 3.05) is 25.7 Å². The number of benzene rings is 3. The van der Waals surface area contributed by atoms with Gasteiger partial charge in [-0.1, -0.05) is 55.5 Å². The lowest BCUT2D eigenvalue weighted by Gasteiger charge is -2.22. The molecule has 0 atom stereocenters. The monoisotopic (exact) mass is 456 g/mol. The van der Waals surface area contributed by atoms with Gasteiger partial charge in [0.2, 0.25) is 0 Å². The van der Waals surface area contributed by atoms with Gasteiger partial charge >= 0.3 is 0 Å². The Kier molecular flexibility index (Phi) is 6.97. The number of hydrogen-bond donors (Lipinski definition) is 0. The molecule has 0 fully saturated rings. The summed E-state index contributed by atoms with van der Waals surface area (Å²) in [6.45, 7) is 3.07. The highest BCUT2D eigenvalue weighted by atomic mass is 16.5. The first-order valence-electron chi connectivity index (χ1n) is 11.3. The highest BCUT2D eigenvalue weighted by Gasteiger charge is 2.41. The van der Waals surface area contributed by atoms with Gasteiger partial charge < -0.3 is 14.4 Å². The highest BCUT2D eigenvalue weighted by Crippen LogP contribution is 2.36. The Labute approximate surface area is 200 Å². The van der Waals surface area contributed by atoms with Crippen LogP contribution < -0.4 is 14.4 Å². The maximum atomic E-state index is 13.7. The smallest absolute Gasteiger partial charge is 0.282 e. The third-order valence-electron chi connectivity index (χ3n) is 5.63. The van der Waals surface area contributed by atoms with Gasteiger partial charge in [-0.05, 0) is 41.8 Å². The highest BCUT2D eigenvalue weighted by molar-refractivity contribution is 6.45. The first-order valence-corrected chi connectivity index (χ1v) is 11.3. The van der Waals surface area contributed by atoms with Crippen LogP contribution in [0.3, 0.4) is 0 Å².